The van der Waals surface area contributed by atoms with Crippen LogP contribution in [0.3, 0.4) is 0 Å². The van der Waals surface area contributed by atoms with Crippen molar-refractivity contribution in [3.63, 3.8) is 0 Å². The molecule has 0 bridgehead atoms. The quantitative estimate of drug-likeness (QED) is 0.425. The van der Waals surface area contributed by atoms with Crippen molar-refractivity contribution in [3.05, 3.63) is 81.5 Å². The summed E-state index contributed by atoms with van der Waals surface area (Å²) in [7, 11) is 0. The summed E-state index contributed by atoms with van der Waals surface area (Å²) in [4.78, 5) is 0. The van der Waals surface area contributed by atoms with Crippen LogP contribution >= 0.6 is 23.2 Å². The van der Waals surface area contributed by atoms with Gasteiger partial charge in [0, 0.05) is 16.1 Å². The molecule has 0 radical (unpaired) electrons. The highest BCUT2D eigenvalue weighted by atomic mass is 35.5. The summed E-state index contributed by atoms with van der Waals surface area (Å²) in [5.41, 5.74) is 0.230. The van der Waals surface area contributed by atoms with Gasteiger partial charge in [-0.3, -0.25) is 0 Å². The molecule has 0 N–H and O–H groups in total. The van der Waals surface area contributed by atoms with Gasteiger partial charge in [0.05, 0.1) is 22.2 Å². The molecule has 0 atom stereocenters. The minimum Gasteiger partial charge on any atom is -0.457 e. The summed E-state index contributed by atoms with van der Waals surface area (Å²) in [6.07, 6.45) is -2.98. The molecule has 3 rings (SSSR count). The first kappa shape index (κ1) is 19.1. The Morgan fingerprint density at radius 3 is 2.48 bits per heavy atom. The van der Waals surface area contributed by atoms with Crippen LogP contribution in [0, 0.1) is 11.3 Å². The Kier molecular flexibility index (Phi) is 5.31. The van der Waals surface area contributed by atoms with Crippen LogP contribution < -0.4 is 0 Å². The fourth-order valence-corrected chi connectivity index (χ4v) is 2.97. The second kappa shape index (κ2) is 7.51. The lowest BCUT2D eigenvalue weighted by Gasteiger charge is -2.07. The van der Waals surface area contributed by atoms with E-state index in [0.29, 0.717) is 21.4 Å². The van der Waals surface area contributed by atoms with Crippen molar-refractivity contribution in [2.75, 3.05) is 0 Å². The van der Waals surface area contributed by atoms with Crippen molar-refractivity contribution < 1.29 is 17.6 Å². The first-order valence-corrected chi connectivity index (χ1v) is 8.38. The zero-order valence-electron chi connectivity index (χ0n) is 13.5. The maximum Gasteiger partial charge on any atom is 0.416 e. The standard InChI is InChI=1S/C20H10Cl2F3NO/c21-15-4-6-17(18(22)10-15)13(11-26)9-16-5-7-19(27-16)12-2-1-3-14(8-12)20(23,24)25/h1-10H/b13-9+. The molecule has 0 aliphatic rings. The highest BCUT2D eigenvalue weighted by Gasteiger charge is 2.30. The van der Waals surface area contributed by atoms with Crippen molar-refractivity contribution in [2.24, 2.45) is 0 Å². The molecule has 0 spiro atoms. The Hall–Kier alpha value is -2.68. The molecule has 0 unspecified atom stereocenters. The van der Waals surface area contributed by atoms with Gasteiger partial charge in [-0.25, -0.2) is 0 Å². The van der Waals surface area contributed by atoms with Gasteiger partial charge >= 0.3 is 6.18 Å². The number of furan rings is 1. The van der Waals surface area contributed by atoms with E-state index in [-0.39, 0.29) is 16.9 Å². The predicted octanol–water partition coefficient (Wildman–Crippen LogP) is 7.34. The van der Waals surface area contributed by atoms with Crippen LogP contribution in [0.1, 0.15) is 16.9 Å². The van der Waals surface area contributed by atoms with Crippen molar-refractivity contribution in [3.8, 4) is 17.4 Å². The van der Waals surface area contributed by atoms with Crippen LogP contribution in [0.15, 0.2) is 59.0 Å². The summed E-state index contributed by atoms with van der Waals surface area (Å²) in [6, 6.07) is 14.7. The topological polar surface area (TPSA) is 36.9 Å². The van der Waals surface area contributed by atoms with Gasteiger partial charge in [0.2, 0.25) is 0 Å². The number of nitrogens with zero attached hydrogens (tertiary/aromatic N) is 1. The maximum absolute atomic E-state index is 12.9. The lowest BCUT2D eigenvalue weighted by atomic mass is 10.1. The van der Waals surface area contributed by atoms with Gasteiger partial charge in [-0.1, -0.05) is 41.4 Å². The molecule has 2 nitrogen and oxygen atoms in total. The Bertz CT molecular complexity index is 1060. The lowest BCUT2D eigenvalue weighted by molar-refractivity contribution is -0.137. The van der Waals surface area contributed by atoms with E-state index in [9.17, 15) is 18.4 Å². The number of alkyl halides is 3. The Balaban J connectivity index is 1.96. The number of rotatable bonds is 3. The molecule has 0 fully saturated rings. The van der Waals surface area contributed by atoms with Gasteiger partial charge in [-0.2, -0.15) is 18.4 Å². The third-order valence-electron chi connectivity index (χ3n) is 3.73. The van der Waals surface area contributed by atoms with Crippen molar-refractivity contribution in [1.82, 2.24) is 0 Å². The highest BCUT2D eigenvalue weighted by molar-refractivity contribution is 6.36. The zero-order valence-corrected chi connectivity index (χ0v) is 15.0. The lowest BCUT2D eigenvalue weighted by Crippen LogP contribution is -2.04. The molecular formula is C20H10Cl2F3NO. The van der Waals surface area contributed by atoms with Crippen LogP contribution in [0.4, 0.5) is 13.2 Å². The van der Waals surface area contributed by atoms with Crippen molar-refractivity contribution >= 4 is 34.9 Å². The molecule has 27 heavy (non-hydrogen) atoms. The molecule has 0 saturated carbocycles. The third-order valence-corrected chi connectivity index (χ3v) is 4.28. The fraction of sp³-hybridized carbons (Fsp3) is 0.0500. The largest absolute Gasteiger partial charge is 0.457 e. The first-order valence-electron chi connectivity index (χ1n) is 7.62. The summed E-state index contributed by atoms with van der Waals surface area (Å²) >= 11 is 12.0. The van der Waals surface area contributed by atoms with Gasteiger partial charge in [0.1, 0.15) is 11.5 Å². The maximum atomic E-state index is 12.9. The molecule has 1 aromatic heterocycles. The molecule has 7 heteroatoms. The summed E-state index contributed by atoms with van der Waals surface area (Å²) in [5, 5.41) is 10.1. The minimum absolute atomic E-state index is 0.238. The van der Waals surface area contributed by atoms with E-state index in [1.54, 1.807) is 24.3 Å². The van der Waals surface area contributed by atoms with Gasteiger partial charge in [-0.05, 0) is 42.5 Å². The van der Waals surface area contributed by atoms with Gasteiger partial charge < -0.3 is 4.42 Å². The second-order valence-corrected chi connectivity index (χ2v) is 6.42. The average molecular weight is 408 g/mol. The summed E-state index contributed by atoms with van der Waals surface area (Å²) < 4.78 is 44.2. The molecular weight excluding hydrogens is 398 g/mol. The molecule has 1 heterocycles. The fourth-order valence-electron chi connectivity index (χ4n) is 2.45. The van der Waals surface area contributed by atoms with Crippen LogP contribution in [-0.2, 0) is 6.18 Å². The second-order valence-electron chi connectivity index (χ2n) is 5.57. The predicted molar refractivity (Wildman–Crippen MR) is 99.1 cm³/mol. The van der Waals surface area contributed by atoms with E-state index in [0.717, 1.165) is 12.1 Å². The van der Waals surface area contributed by atoms with Crippen molar-refractivity contribution in [1.29, 1.82) is 5.26 Å². The van der Waals surface area contributed by atoms with Gasteiger partial charge in [-0.15, -0.1) is 0 Å². The van der Waals surface area contributed by atoms with E-state index in [4.69, 9.17) is 27.6 Å². The number of hydrogen-bond donors (Lipinski definition) is 0. The Morgan fingerprint density at radius 2 is 1.81 bits per heavy atom. The normalized spacial score (nSPS) is 12.1. The Labute approximate surface area is 163 Å². The average Bonchev–Trinajstić information content (AvgIpc) is 3.08. The summed E-state index contributed by atoms with van der Waals surface area (Å²) in [6.45, 7) is 0. The van der Waals surface area contributed by atoms with E-state index in [1.807, 2.05) is 6.07 Å². The first-order chi connectivity index (χ1) is 12.8. The minimum atomic E-state index is -4.44. The number of allylic oxidation sites excluding steroid dienone is 1. The van der Waals surface area contributed by atoms with Crippen LogP contribution in [-0.4, -0.2) is 0 Å². The van der Waals surface area contributed by atoms with Crippen LogP contribution in [0.5, 0.6) is 0 Å². The summed E-state index contributed by atoms with van der Waals surface area (Å²) in [5.74, 6) is 0.567. The van der Waals surface area contributed by atoms with Crippen molar-refractivity contribution in [2.45, 2.75) is 6.18 Å². The SMILES string of the molecule is N#C/C(=C\c1ccc(-c2cccc(C(F)(F)F)c2)o1)c1ccc(Cl)cc1Cl. The molecule has 0 amide bonds. The molecule has 136 valence electrons. The van der Waals surface area contributed by atoms with E-state index >= 15 is 0 Å². The molecule has 0 aliphatic heterocycles. The third kappa shape index (κ3) is 4.36. The molecule has 0 saturated heterocycles. The van der Waals surface area contributed by atoms with Crippen LogP contribution in [0.25, 0.3) is 23.0 Å². The number of halogens is 5. The van der Waals surface area contributed by atoms with E-state index in [2.05, 4.69) is 0 Å². The van der Waals surface area contributed by atoms with Crippen LogP contribution in [0.2, 0.25) is 10.0 Å². The monoisotopic (exact) mass is 407 g/mol. The number of hydrogen-bond acceptors (Lipinski definition) is 2. The molecule has 0 aliphatic carbocycles. The van der Waals surface area contributed by atoms with Gasteiger partial charge in [0.15, 0.2) is 0 Å². The molecule has 2 aromatic carbocycles. The molecule has 3 aromatic rings. The van der Waals surface area contributed by atoms with E-state index < -0.39 is 11.7 Å². The highest BCUT2D eigenvalue weighted by Crippen LogP contribution is 2.33. The van der Waals surface area contributed by atoms with E-state index in [1.165, 1.54) is 24.3 Å². The number of nitriles is 1. The van der Waals surface area contributed by atoms with Gasteiger partial charge in [0.25, 0.3) is 0 Å². The Morgan fingerprint density at radius 1 is 1.04 bits per heavy atom. The zero-order chi connectivity index (χ0) is 19.6. The smallest absolute Gasteiger partial charge is 0.416 e. The number of benzene rings is 2.